The number of rotatable bonds is 5. The number of nitrogens with zero attached hydrogens (tertiary/aromatic N) is 2. The second kappa shape index (κ2) is 8.25. The van der Waals surface area contributed by atoms with E-state index >= 15 is 0 Å². The average Bonchev–Trinajstić information content (AvgIpc) is 3.18. The van der Waals surface area contributed by atoms with Gasteiger partial charge < -0.3 is 14.6 Å². The van der Waals surface area contributed by atoms with Gasteiger partial charge in [-0.25, -0.2) is 4.98 Å². The van der Waals surface area contributed by atoms with Gasteiger partial charge in [-0.05, 0) is 51.8 Å². The summed E-state index contributed by atoms with van der Waals surface area (Å²) in [4.78, 5) is 4.59. The number of allylic oxidation sites excluding steroid dienone is 1. The maximum absolute atomic E-state index is 9.92. The summed E-state index contributed by atoms with van der Waals surface area (Å²) >= 11 is 4.68. The van der Waals surface area contributed by atoms with E-state index in [1.807, 2.05) is 29.6 Å². The fraction of sp³-hybridized carbons (Fsp3) is 0.100. The van der Waals surface area contributed by atoms with E-state index in [-0.39, 0.29) is 5.75 Å². The van der Waals surface area contributed by atoms with Gasteiger partial charge in [0.2, 0.25) is 0 Å². The van der Waals surface area contributed by atoms with E-state index in [4.69, 9.17) is 9.47 Å². The lowest BCUT2D eigenvalue weighted by molar-refractivity contribution is 0.372. The lowest BCUT2D eigenvalue weighted by atomic mass is 10.1. The average molecular weight is 443 g/mol. The monoisotopic (exact) mass is 442 g/mol. The summed E-state index contributed by atoms with van der Waals surface area (Å²) in [6.07, 6.45) is 1.71. The van der Waals surface area contributed by atoms with Crippen molar-refractivity contribution in [2.45, 2.75) is 0 Å². The number of thiazole rings is 1. The van der Waals surface area contributed by atoms with Crippen LogP contribution >= 0.6 is 27.3 Å². The molecule has 1 aromatic heterocycles. The summed E-state index contributed by atoms with van der Waals surface area (Å²) in [7, 11) is 3.09. The Balaban J connectivity index is 1.98. The number of ether oxygens (including phenoxy) is 2. The SMILES string of the molecule is COc1cccc(-c2csc(/C(C#N)=C/c3cc(Br)c(O)c(OC)c3)n2)c1. The Morgan fingerprint density at radius 2 is 2.07 bits per heavy atom. The van der Waals surface area contributed by atoms with Crippen LogP contribution in [0.15, 0.2) is 46.3 Å². The van der Waals surface area contributed by atoms with Gasteiger partial charge in [0, 0.05) is 10.9 Å². The minimum absolute atomic E-state index is 0.0164. The fourth-order valence-corrected chi connectivity index (χ4v) is 3.71. The molecule has 1 N–H and O–H groups in total. The highest BCUT2D eigenvalue weighted by Gasteiger charge is 2.12. The molecule has 7 heteroatoms. The number of hydrogen-bond donors (Lipinski definition) is 1. The first-order valence-electron chi connectivity index (χ1n) is 7.84. The van der Waals surface area contributed by atoms with Crippen LogP contribution in [0.3, 0.4) is 0 Å². The maximum atomic E-state index is 9.92. The number of phenols is 1. The van der Waals surface area contributed by atoms with Crippen molar-refractivity contribution in [1.82, 2.24) is 4.98 Å². The molecular weight excluding hydrogens is 428 g/mol. The minimum Gasteiger partial charge on any atom is -0.503 e. The van der Waals surface area contributed by atoms with Gasteiger partial charge in [-0.3, -0.25) is 0 Å². The van der Waals surface area contributed by atoms with E-state index < -0.39 is 0 Å². The van der Waals surface area contributed by atoms with Crippen molar-refractivity contribution in [3.05, 3.63) is 56.8 Å². The molecule has 0 aliphatic rings. The van der Waals surface area contributed by atoms with Gasteiger partial charge in [-0.1, -0.05) is 12.1 Å². The summed E-state index contributed by atoms with van der Waals surface area (Å²) < 4.78 is 10.9. The highest BCUT2D eigenvalue weighted by molar-refractivity contribution is 9.10. The summed E-state index contributed by atoms with van der Waals surface area (Å²) in [5.74, 6) is 1.09. The van der Waals surface area contributed by atoms with E-state index in [1.54, 1.807) is 25.3 Å². The standard InChI is InChI=1S/C20H15BrN2O3S/c1-25-15-5-3-4-13(9-15)17-11-27-20(23-17)14(10-22)6-12-7-16(21)19(24)18(8-12)26-2/h3-9,11,24H,1-2H3/b14-6+. The molecule has 0 aliphatic carbocycles. The third-order valence-electron chi connectivity index (χ3n) is 3.80. The van der Waals surface area contributed by atoms with Gasteiger partial charge in [-0.2, -0.15) is 5.26 Å². The van der Waals surface area contributed by atoms with E-state index in [1.165, 1.54) is 18.4 Å². The number of halogens is 1. The first-order valence-corrected chi connectivity index (χ1v) is 9.51. The van der Waals surface area contributed by atoms with E-state index in [0.29, 0.717) is 26.4 Å². The van der Waals surface area contributed by atoms with E-state index in [9.17, 15) is 10.4 Å². The largest absolute Gasteiger partial charge is 0.503 e. The molecule has 136 valence electrons. The van der Waals surface area contributed by atoms with Crippen LogP contribution in [-0.2, 0) is 0 Å². The fourth-order valence-electron chi connectivity index (χ4n) is 2.45. The molecule has 0 unspecified atom stereocenters. The molecule has 0 saturated carbocycles. The summed E-state index contributed by atoms with van der Waals surface area (Å²) in [5.41, 5.74) is 2.84. The van der Waals surface area contributed by atoms with Gasteiger partial charge in [-0.15, -0.1) is 11.3 Å². The van der Waals surface area contributed by atoms with Crippen molar-refractivity contribution in [1.29, 1.82) is 5.26 Å². The van der Waals surface area contributed by atoms with E-state index in [2.05, 4.69) is 27.0 Å². The number of aromatic nitrogens is 1. The van der Waals surface area contributed by atoms with Gasteiger partial charge in [0.1, 0.15) is 16.8 Å². The smallest absolute Gasteiger partial charge is 0.172 e. The molecule has 2 aromatic carbocycles. The number of hydrogen-bond acceptors (Lipinski definition) is 6. The Labute approximate surface area is 169 Å². The normalized spacial score (nSPS) is 11.1. The molecule has 0 amide bonds. The van der Waals surface area contributed by atoms with Crippen LogP contribution in [0.1, 0.15) is 10.6 Å². The predicted octanol–water partition coefficient (Wildman–Crippen LogP) is 5.36. The number of phenolic OH excluding ortho intramolecular Hbond substituents is 1. The van der Waals surface area contributed by atoms with Gasteiger partial charge in [0.15, 0.2) is 11.5 Å². The molecule has 3 aromatic rings. The molecule has 5 nitrogen and oxygen atoms in total. The molecule has 1 heterocycles. The topological polar surface area (TPSA) is 75.4 Å². The van der Waals surface area contributed by atoms with Crippen LogP contribution in [0.4, 0.5) is 0 Å². The van der Waals surface area contributed by atoms with Crippen LogP contribution < -0.4 is 9.47 Å². The molecule has 0 fully saturated rings. The highest BCUT2D eigenvalue weighted by atomic mass is 79.9. The van der Waals surface area contributed by atoms with Crippen LogP contribution in [-0.4, -0.2) is 24.3 Å². The van der Waals surface area contributed by atoms with Crippen molar-refractivity contribution in [3.8, 4) is 34.6 Å². The van der Waals surface area contributed by atoms with Crippen LogP contribution in [0.5, 0.6) is 17.2 Å². The Bertz CT molecular complexity index is 1050. The zero-order valence-electron chi connectivity index (χ0n) is 14.6. The Morgan fingerprint density at radius 3 is 2.78 bits per heavy atom. The first-order chi connectivity index (χ1) is 13.0. The van der Waals surface area contributed by atoms with Gasteiger partial charge >= 0.3 is 0 Å². The molecule has 0 saturated heterocycles. The summed E-state index contributed by atoms with van der Waals surface area (Å²) in [6.45, 7) is 0. The van der Waals surface area contributed by atoms with Gasteiger partial charge in [0.25, 0.3) is 0 Å². The lowest BCUT2D eigenvalue weighted by Crippen LogP contribution is -1.87. The zero-order chi connectivity index (χ0) is 19.4. The molecule has 0 spiro atoms. The third kappa shape index (κ3) is 4.13. The van der Waals surface area contributed by atoms with E-state index in [0.717, 1.165) is 17.0 Å². The molecular formula is C20H15BrN2O3S. The van der Waals surface area contributed by atoms with Crippen LogP contribution in [0.25, 0.3) is 22.9 Å². The highest BCUT2D eigenvalue weighted by Crippen LogP contribution is 2.36. The molecule has 3 rings (SSSR count). The Hall–Kier alpha value is -2.82. The zero-order valence-corrected chi connectivity index (χ0v) is 17.0. The molecule has 27 heavy (non-hydrogen) atoms. The van der Waals surface area contributed by atoms with Crippen molar-refractivity contribution in [2.75, 3.05) is 14.2 Å². The lowest BCUT2D eigenvalue weighted by Gasteiger charge is -2.06. The van der Waals surface area contributed by atoms with Gasteiger partial charge in [0.05, 0.1) is 30.0 Å². The van der Waals surface area contributed by atoms with Crippen LogP contribution in [0, 0.1) is 11.3 Å². The van der Waals surface area contributed by atoms with Crippen molar-refractivity contribution < 1.29 is 14.6 Å². The first kappa shape index (κ1) is 19.0. The quantitative estimate of drug-likeness (QED) is 0.538. The summed E-state index contributed by atoms with van der Waals surface area (Å²) in [6, 6.07) is 13.2. The molecule has 0 bridgehead atoms. The van der Waals surface area contributed by atoms with Crippen molar-refractivity contribution in [3.63, 3.8) is 0 Å². The Morgan fingerprint density at radius 1 is 1.26 bits per heavy atom. The second-order valence-electron chi connectivity index (χ2n) is 5.49. The molecule has 0 atom stereocenters. The number of benzene rings is 2. The predicted molar refractivity (Wildman–Crippen MR) is 110 cm³/mol. The minimum atomic E-state index is 0.0164. The molecule has 0 radical (unpaired) electrons. The van der Waals surface area contributed by atoms with Crippen molar-refractivity contribution in [2.24, 2.45) is 0 Å². The third-order valence-corrected chi connectivity index (χ3v) is 5.28. The second-order valence-corrected chi connectivity index (χ2v) is 7.21. The number of methoxy groups -OCH3 is 2. The molecule has 0 aliphatic heterocycles. The van der Waals surface area contributed by atoms with Crippen molar-refractivity contribution >= 4 is 38.9 Å². The number of aromatic hydroxyl groups is 1. The maximum Gasteiger partial charge on any atom is 0.172 e. The summed E-state index contributed by atoms with van der Waals surface area (Å²) in [5, 5.41) is 22.0. The number of nitriles is 1. The Kier molecular flexibility index (Phi) is 5.79. The van der Waals surface area contributed by atoms with Crippen LogP contribution in [0.2, 0.25) is 0 Å².